The number of halogens is 2. The molecule has 1 nitrogen and oxygen atoms in total. The molecular weight excluding hydrogens is 271 g/mol. The molecule has 0 bridgehead atoms. The molecule has 0 radical (unpaired) electrons. The maximum atomic E-state index is 13.0. The van der Waals surface area contributed by atoms with Gasteiger partial charge in [-0.2, -0.15) is 0 Å². The van der Waals surface area contributed by atoms with Crippen LogP contribution in [0.25, 0.3) is 0 Å². The Balaban J connectivity index is 2.53. The molecule has 0 saturated heterocycles. The zero-order valence-electron chi connectivity index (χ0n) is 9.75. The summed E-state index contributed by atoms with van der Waals surface area (Å²) in [5, 5.41) is 0.689. The quantitative estimate of drug-likeness (QED) is 0.708. The molecule has 1 aromatic rings. The van der Waals surface area contributed by atoms with Gasteiger partial charge in [-0.15, -0.1) is 0 Å². The summed E-state index contributed by atoms with van der Waals surface area (Å²) in [4.78, 5) is 0. The Kier molecular flexibility index (Phi) is 5.99. The van der Waals surface area contributed by atoms with Gasteiger partial charge in [0, 0.05) is 11.9 Å². The van der Waals surface area contributed by atoms with Gasteiger partial charge in [-0.05, 0) is 30.0 Å². The molecule has 3 heteroatoms. The monoisotopic (exact) mass is 288 g/mol. The summed E-state index contributed by atoms with van der Waals surface area (Å²) >= 11 is 3.40. The van der Waals surface area contributed by atoms with Crippen LogP contribution in [-0.4, -0.2) is 11.9 Å². The largest absolute Gasteiger partial charge is 0.373 e. The third kappa shape index (κ3) is 4.62. The van der Waals surface area contributed by atoms with Gasteiger partial charge in [0.1, 0.15) is 5.82 Å². The summed E-state index contributed by atoms with van der Waals surface area (Å²) in [6.45, 7) is 5.04. The van der Waals surface area contributed by atoms with Crippen LogP contribution in [0.15, 0.2) is 24.3 Å². The van der Waals surface area contributed by atoms with Crippen LogP contribution in [0.4, 0.5) is 4.39 Å². The lowest BCUT2D eigenvalue weighted by Gasteiger charge is -2.16. The zero-order valence-corrected chi connectivity index (χ0v) is 11.3. The van der Waals surface area contributed by atoms with Gasteiger partial charge in [-0.25, -0.2) is 4.39 Å². The molecule has 0 aliphatic heterocycles. The fraction of sp³-hybridized carbons (Fsp3) is 0.538. The third-order valence-corrected chi connectivity index (χ3v) is 2.96. The number of alkyl halides is 1. The van der Waals surface area contributed by atoms with E-state index in [1.54, 1.807) is 6.07 Å². The van der Waals surface area contributed by atoms with Gasteiger partial charge in [-0.1, -0.05) is 41.9 Å². The van der Waals surface area contributed by atoms with Crippen LogP contribution in [0.5, 0.6) is 0 Å². The summed E-state index contributed by atoms with van der Waals surface area (Å²) < 4.78 is 18.8. The Morgan fingerprint density at radius 3 is 2.69 bits per heavy atom. The molecule has 0 amide bonds. The molecule has 0 aliphatic rings. The van der Waals surface area contributed by atoms with Crippen LogP contribution >= 0.6 is 15.9 Å². The number of hydrogen-bond donors (Lipinski definition) is 0. The van der Waals surface area contributed by atoms with Crippen molar-refractivity contribution in [3.05, 3.63) is 35.6 Å². The van der Waals surface area contributed by atoms with Crippen LogP contribution in [0.3, 0.4) is 0 Å². The van der Waals surface area contributed by atoms with Gasteiger partial charge < -0.3 is 4.74 Å². The first kappa shape index (κ1) is 13.7. The Morgan fingerprint density at radius 1 is 1.38 bits per heavy atom. The molecule has 0 aliphatic carbocycles. The lowest BCUT2D eigenvalue weighted by atomic mass is 10.1. The van der Waals surface area contributed by atoms with Gasteiger partial charge in [0.2, 0.25) is 0 Å². The standard InChI is InChI=1S/C13H18BrFO/c1-10(2)6-7-16-13(9-14)11-4-3-5-12(15)8-11/h3-5,8,10,13H,6-7,9H2,1-2H3. The minimum Gasteiger partial charge on any atom is -0.373 e. The number of rotatable bonds is 6. The maximum Gasteiger partial charge on any atom is 0.123 e. The average molecular weight is 289 g/mol. The minimum atomic E-state index is -0.212. The number of benzene rings is 1. The highest BCUT2D eigenvalue weighted by Gasteiger charge is 2.11. The molecule has 90 valence electrons. The Hall–Kier alpha value is -0.410. The Morgan fingerprint density at radius 2 is 2.12 bits per heavy atom. The predicted octanol–water partition coefficient (Wildman–Crippen LogP) is 4.32. The van der Waals surface area contributed by atoms with Gasteiger partial charge in [0.25, 0.3) is 0 Å². The van der Waals surface area contributed by atoms with E-state index < -0.39 is 0 Å². The Bertz CT molecular complexity index is 315. The van der Waals surface area contributed by atoms with E-state index in [-0.39, 0.29) is 11.9 Å². The summed E-state index contributed by atoms with van der Waals surface area (Å²) in [7, 11) is 0. The lowest BCUT2D eigenvalue weighted by Crippen LogP contribution is -2.08. The molecule has 1 rings (SSSR count). The van der Waals surface area contributed by atoms with Crippen molar-refractivity contribution in [2.75, 3.05) is 11.9 Å². The van der Waals surface area contributed by atoms with Crippen molar-refractivity contribution < 1.29 is 9.13 Å². The van der Waals surface area contributed by atoms with Crippen LogP contribution in [0, 0.1) is 11.7 Å². The third-order valence-electron chi connectivity index (χ3n) is 2.37. The molecule has 16 heavy (non-hydrogen) atoms. The van der Waals surface area contributed by atoms with Gasteiger partial charge in [-0.3, -0.25) is 0 Å². The molecule has 1 unspecified atom stereocenters. The molecule has 0 fully saturated rings. The van der Waals surface area contributed by atoms with E-state index in [1.165, 1.54) is 12.1 Å². The Labute approximate surface area is 105 Å². The summed E-state index contributed by atoms with van der Waals surface area (Å²) in [5.74, 6) is 0.416. The van der Waals surface area contributed by atoms with Crippen molar-refractivity contribution in [3.8, 4) is 0 Å². The van der Waals surface area contributed by atoms with Crippen LogP contribution in [0.1, 0.15) is 31.9 Å². The van der Waals surface area contributed by atoms with Gasteiger partial charge in [0.15, 0.2) is 0 Å². The van der Waals surface area contributed by atoms with Crippen molar-refractivity contribution in [1.29, 1.82) is 0 Å². The fourth-order valence-corrected chi connectivity index (χ4v) is 1.94. The first-order chi connectivity index (χ1) is 7.63. The second-order valence-corrected chi connectivity index (χ2v) is 4.90. The van der Waals surface area contributed by atoms with Crippen molar-refractivity contribution in [2.45, 2.75) is 26.4 Å². The summed E-state index contributed by atoms with van der Waals surface area (Å²) in [5.41, 5.74) is 0.889. The first-order valence-electron chi connectivity index (χ1n) is 5.56. The second kappa shape index (κ2) is 7.02. The molecule has 0 aromatic heterocycles. The van der Waals surface area contributed by atoms with E-state index in [0.29, 0.717) is 17.9 Å². The molecule has 0 saturated carbocycles. The molecule has 0 heterocycles. The topological polar surface area (TPSA) is 9.23 Å². The molecule has 1 atom stereocenters. The molecule has 1 aromatic carbocycles. The second-order valence-electron chi connectivity index (χ2n) is 4.25. The van der Waals surface area contributed by atoms with E-state index in [2.05, 4.69) is 29.8 Å². The number of hydrogen-bond acceptors (Lipinski definition) is 1. The smallest absolute Gasteiger partial charge is 0.123 e. The van der Waals surface area contributed by atoms with Crippen molar-refractivity contribution in [2.24, 2.45) is 5.92 Å². The highest BCUT2D eigenvalue weighted by Crippen LogP contribution is 2.21. The normalized spacial score (nSPS) is 13.1. The van der Waals surface area contributed by atoms with Gasteiger partial charge in [0.05, 0.1) is 6.10 Å². The first-order valence-corrected chi connectivity index (χ1v) is 6.68. The predicted molar refractivity (Wildman–Crippen MR) is 68.3 cm³/mol. The summed E-state index contributed by atoms with van der Waals surface area (Å²) in [6.07, 6.45) is 0.966. The minimum absolute atomic E-state index is 0.0607. The van der Waals surface area contributed by atoms with E-state index in [9.17, 15) is 4.39 Å². The SMILES string of the molecule is CC(C)CCOC(CBr)c1cccc(F)c1. The van der Waals surface area contributed by atoms with E-state index in [0.717, 1.165) is 12.0 Å². The summed E-state index contributed by atoms with van der Waals surface area (Å²) in [6, 6.07) is 6.58. The highest BCUT2D eigenvalue weighted by molar-refractivity contribution is 9.09. The van der Waals surface area contributed by atoms with Crippen molar-refractivity contribution >= 4 is 15.9 Å². The molecule has 0 N–H and O–H groups in total. The molecule has 0 spiro atoms. The molecular formula is C13H18BrFO. The van der Waals surface area contributed by atoms with Crippen molar-refractivity contribution in [3.63, 3.8) is 0 Å². The van der Waals surface area contributed by atoms with E-state index >= 15 is 0 Å². The highest BCUT2D eigenvalue weighted by atomic mass is 79.9. The van der Waals surface area contributed by atoms with Crippen LogP contribution < -0.4 is 0 Å². The van der Waals surface area contributed by atoms with E-state index in [4.69, 9.17) is 4.74 Å². The van der Waals surface area contributed by atoms with Gasteiger partial charge >= 0.3 is 0 Å². The van der Waals surface area contributed by atoms with Crippen LogP contribution in [0.2, 0.25) is 0 Å². The lowest BCUT2D eigenvalue weighted by molar-refractivity contribution is 0.0620. The van der Waals surface area contributed by atoms with Crippen LogP contribution in [-0.2, 0) is 4.74 Å². The van der Waals surface area contributed by atoms with Crippen molar-refractivity contribution in [1.82, 2.24) is 0 Å². The number of ether oxygens (including phenoxy) is 1. The van der Waals surface area contributed by atoms with E-state index in [1.807, 2.05) is 6.07 Å². The average Bonchev–Trinajstić information content (AvgIpc) is 2.24. The fourth-order valence-electron chi connectivity index (χ4n) is 1.38. The zero-order chi connectivity index (χ0) is 12.0. The maximum absolute atomic E-state index is 13.0.